The fourth-order valence-corrected chi connectivity index (χ4v) is 10.8. The van der Waals surface area contributed by atoms with E-state index in [1.807, 2.05) is 0 Å². The molecule has 0 aromatic carbocycles. The maximum Gasteiger partial charge on any atom is 0.302 e. The number of esters is 1. The van der Waals surface area contributed by atoms with Gasteiger partial charge in [0.15, 0.2) is 5.78 Å². The molecule has 0 heterocycles. The molecule has 5 aliphatic carbocycles. The van der Waals surface area contributed by atoms with E-state index < -0.39 is 0 Å². The molecule has 0 saturated heterocycles. The van der Waals surface area contributed by atoms with Gasteiger partial charge >= 0.3 is 5.97 Å². The number of rotatable bonds is 4. The molecule has 36 heavy (non-hydrogen) atoms. The van der Waals surface area contributed by atoms with Gasteiger partial charge in [-0.1, -0.05) is 53.0 Å². The maximum absolute atomic E-state index is 14.3. The van der Waals surface area contributed by atoms with E-state index in [-0.39, 0.29) is 46.1 Å². The summed E-state index contributed by atoms with van der Waals surface area (Å²) in [6, 6.07) is 0. The van der Waals surface area contributed by atoms with Gasteiger partial charge in [-0.05, 0) is 90.4 Å². The summed E-state index contributed by atoms with van der Waals surface area (Å²) in [4.78, 5) is 30.4. The normalized spacial score (nSPS) is 50.2. The van der Waals surface area contributed by atoms with Gasteiger partial charge in [0.1, 0.15) is 6.10 Å². The minimum Gasteiger partial charge on any atom is -0.462 e. The van der Waals surface area contributed by atoms with Crippen molar-refractivity contribution in [1.82, 2.24) is 5.48 Å². The molecule has 6 nitrogen and oxygen atoms in total. The van der Waals surface area contributed by atoms with Crippen LogP contribution in [-0.2, 0) is 19.3 Å². The van der Waals surface area contributed by atoms with Crippen LogP contribution < -0.4 is 5.48 Å². The van der Waals surface area contributed by atoms with Gasteiger partial charge < -0.3 is 4.74 Å². The molecule has 6 heteroatoms. The van der Waals surface area contributed by atoms with Crippen LogP contribution in [0.1, 0.15) is 99.3 Å². The van der Waals surface area contributed by atoms with Crippen molar-refractivity contribution in [3.05, 3.63) is 11.6 Å². The number of fused-ring (bicyclic) bond motifs is 7. The van der Waals surface area contributed by atoms with Gasteiger partial charge in [0, 0.05) is 25.3 Å². The molecular weight excluding hydrogens is 454 g/mol. The quantitative estimate of drug-likeness (QED) is 0.275. The van der Waals surface area contributed by atoms with Gasteiger partial charge in [-0.25, -0.2) is 5.26 Å². The first kappa shape index (κ1) is 26.4. The van der Waals surface area contributed by atoms with Gasteiger partial charge in [0.2, 0.25) is 0 Å². The fourth-order valence-electron chi connectivity index (χ4n) is 10.8. The van der Waals surface area contributed by atoms with E-state index in [1.165, 1.54) is 44.6 Å². The minimum absolute atomic E-state index is 0.0108. The van der Waals surface area contributed by atoms with Crippen molar-refractivity contribution in [3.8, 4) is 0 Å². The number of hydrogen-bond donors (Lipinski definition) is 2. The van der Waals surface area contributed by atoms with E-state index in [1.54, 1.807) is 0 Å². The zero-order valence-electron chi connectivity index (χ0n) is 23.2. The molecule has 4 fully saturated rings. The highest BCUT2D eigenvalue weighted by Crippen LogP contribution is 2.74. The number of ether oxygens (including phenoxy) is 1. The van der Waals surface area contributed by atoms with Crippen LogP contribution in [0.15, 0.2) is 11.6 Å². The van der Waals surface area contributed by atoms with Crippen LogP contribution in [0.4, 0.5) is 0 Å². The number of carbonyl (C=O) groups excluding carboxylic acids is 2. The Morgan fingerprint density at radius 2 is 1.83 bits per heavy atom. The third-order valence-electron chi connectivity index (χ3n) is 12.5. The molecule has 2 N–H and O–H groups in total. The molecule has 0 aromatic rings. The lowest BCUT2D eigenvalue weighted by molar-refractivity contribution is -0.297. The Hall–Kier alpha value is -1.24. The van der Waals surface area contributed by atoms with E-state index in [0.717, 1.165) is 25.7 Å². The number of allylic oxidation sites excluding steroid dienone is 2. The molecule has 5 rings (SSSR count). The summed E-state index contributed by atoms with van der Waals surface area (Å²) >= 11 is 0. The summed E-state index contributed by atoms with van der Waals surface area (Å²) < 4.78 is 5.76. The first-order valence-corrected chi connectivity index (χ1v) is 14.4. The topological polar surface area (TPSA) is 84.9 Å². The van der Waals surface area contributed by atoms with Crippen molar-refractivity contribution in [1.29, 1.82) is 0 Å². The predicted molar refractivity (Wildman–Crippen MR) is 137 cm³/mol. The van der Waals surface area contributed by atoms with Crippen molar-refractivity contribution in [3.63, 3.8) is 0 Å². The molecule has 0 amide bonds. The van der Waals surface area contributed by atoms with Crippen LogP contribution in [0.3, 0.4) is 0 Å². The molecule has 10 atom stereocenters. The lowest BCUT2D eigenvalue weighted by Crippen LogP contribution is -2.66. The van der Waals surface area contributed by atoms with Gasteiger partial charge in [-0.2, -0.15) is 5.48 Å². The summed E-state index contributed by atoms with van der Waals surface area (Å²) in [7, 11) is 0. The fraction of sp³-hybridized carbons (Fsp3) is 0.867. The second kappa shape index (κ2) is 8.91. The third kappa shape index (κ3) is 3.60. The maximum atomic E-state index is 14.3. The van der Waals surface area contributed by atoms with E-state index in [0.29, 0.717) is 29.6 Å². The average Bonchev–Trinajstić information content (AvgIpc) is 2.79. The Morgan fingerprint density at radius 1 is 1.08 bits per heavy atom. The Morgan fingerprint density at radius 3 is 2.53 bits per heavy atom. The number of hydrogen-bond acceptors (Lipinski definition) is 6. The number of hydroxylamine groups is 1. The molecule has 0 aliphatic heterocycles. The summed E-state index contributed by atoms with van der Waals surface area (Å²) in [5, 5.41) is 9.02. The van der Waals surface area contributed by atoms with Crippen molar-refractivity contribution >= 4 is 11.8 Å². The Kier molecular flexibility index (Phi) is 6.53. The van der Waals surface area contributed by atoms with Crippen LogP contribution in [0.2, 0.25) is 0 Å². The first-order chi connectivity index (χ1) is 16.9. The summed E-state index contributed by atoms with van der Waals surface area (Å²) in [5.74, 6) is 1.34. The number of carbonyl (C=O) groups is 2. The third-order valence-corrected chi connectivity index (χ3v) is 12.5. The van der Waals surface area contributed by atoms with Crippen molar-refractivity contribution in [2.75, 3.05) is 6.54 Å². The largest absolute Gasteiger partial charge is 0.462 e. The minimum atomic E-state index is -0.278. The Labute approximate surface area is 216 Å². The van der Waals surface area contributed by atoms with Gasteiger partial charge in [-0.3, -0.25) is 9.59 Å². The summed E-state index contributed by atoms with van der Waals surface area (Å²) in [6.07, 6.45) is 11.8. The molecule has 202 valence electrons. The molecule has 0 aromatic heterocycles. The van der Waals surface area contributed by atoms with Crippen molar-refractivity contribution in [2.45, 2.75) is 105 Å². The zero-order chi connectivity index (χ0) is 26.1. The Bertz CT molecular complexity index is 948. The van der Waals surface area contributed by atoms with Crippen LogP contribution in [0.25, 0.3) is 0 Å². The molecular formula is C30H47NO5. The molecule has 0 radical (unpaired) electrons. The summed E-state index contributed by atoms with van der Waals surface area (Å²) in [6.45, 7) is 14.0. The average molecular weight is 502 g/mol. The molecule has 0 bridgehead atoms. The molecule has 5 aliphatic rings. The second-order valence-electron chi connectivity index (χ2n) is 14.1. The lowest BCUT2D eigenvalue weighted by atomic mass is 9.34. The van der Waals surface area contributed by atoms with E-state index in [4.69, 9.17) is 9.99 Å². The molecule has 9 unspecified atom stereocenters. The van der Waals surface area contributed by atoms with E-state index in [9.17, 15) is 9.59 Å². The van der Waals surface area contributed by atoms with E-state index >= 15 is 0 Å². The van der Waals surface area contributed by atoms with Gasteiger partial charge in [0.05, 0.1) is 0 Å². The lowest BCUT2D eigenvalue weighted by Gasteiger charge is -2.69. The van der Waals surface area contributed by atoms with Crippen LogP contribution >= 0.6 is 0 Å². The smallest absolute Gasteiger partial charge is 0.302 e. The van der Waals surface area contributed by atoms with E-state index in [2.05, 4.69) is 51.2 Å². The highest BCUT2D eigenvalue weighted by atomic mass is 17.2. The predicted octanol–water partition coefficient (Wildman–Crippen LogP) is 6.11. The SMILES string of the molecule is CC(=O)OC1CCC2(C)C(CCC3(C)C2C(=O)C=C2C4C(C)CCCC4(C)CC[C@]23C)C1CNOO. The zero-order valence-corrected chi connectivity index (χ0v) is 23.2. The second-order valence-corrected chi connectivity index (χ2v) is 14.1. The molecule has 0 spiro atoms. The monoisotopic (exact) mass is 501 g/mol. The van der Waals surface area contributed by atoms with Gasteiger partial charge in [-0.15, -0.1) is 4.99 Å². The van der Waals surface area contributed by atoms with Crippen LogP contribution in [-0.4, -0.2) is 29.7 Å². The van der Waals surface area contributed by atoms with Crippen molar-refractivity contribution in [2.24, 2.45) is 51.2 Å². The van der Waals surface area contributed by atoms with Crippen LogP contribution in [0.5, 0.6) is 0 Å². The highest BCUT2D eigenvalue weighted by Gasteiger charge is 2.69. The van der Waals surface area contributed by atoms with Gasteiger partial charge in [0.25, 0.3) is 0 Å². The Balaban J connectivity index is 1.56. The molecule has 4 saturated carbocycles. The standard InChI is InChI=1S/C30H47NO5/c1-18-8-7-11-27(3)14-15-29(5)22(25(18)27)16-23(33)26-28(4)12-10-24(35-19(2)32)20(17-31-36-34)21(28)9-13-30(26,29)6/h16,18,20-21,24-26,31,34H,7-15,17H2,1-6H3/t18?,20?,21?,24?,25?,26?,27?,28?,29-,30?/m1/s1. The first-order valence-electron chi connectivity index (χ1n) is 14.4. The van der Waals surface area contributed by atoms with Crippen molar-refractivity contribution < 1.29 is 24.6 Å². The summed E-state index contributed by atoms with van der Waals surface area (Å²) in [5.41, 5.74) is 4.17. The number of ketones is 1. The van der Waals surface area contributed by atoms with Crippen LogP contribution in [0, 0.1) is 51.2 Å². The number of nitrogens with one attached hydrogen (secondary N) is 1. The highest BCUT2D eigenvalue weighted by molar-refractivity contribution is 5.95.